The van der Waals surface area contributed by atoms with Crippen molar-refractivity contribution in [3.63, 3.8) is 0 Å². The summed E-state index contributed by atoms with van der Waals surface area (Å²) < 4.78 is 0. The van der Waals surface area contributed by atoms with Crippen LogP contribution < -0.4 is 5.32 Å². The topological polar surface area (TPSA) is 32.3 Å². The number of benzene rings is 1. The van der Waals surface area contributed by atoms with E-state index in [4.69, 9.17) is 0 Å². The quantitative estimate of drug-likeness (QED) is 0.798. The van der Waals surface area contributed by atoms with E-state index in [9.17, 15) is 4.79 Å². The van der Waals surface area contributed by atoms with Gasteiger partial charge in [-0.15, -0.1) is 11.8 Å². The van der Waals surface area contributed by atoms with Crippen LogP contribution in [0.2, 0.25) is 0 Å². The molecular formula is C18H26N2OS2. The molecule has 0 atom stereocenters. The van der Waals surface area contributed by atoms with Crippen molar-refractivity contribution in [3.8, 4) is 0 Å². The molecule has 1 saturated heterocycles. The zero-order chi connectivity index (χ0) is 16.0. The largest absolute Gasteiger partial charge is 0.354 e. The van der Waals surface area contributed by atoms with E-state index >= 15 is 0 Å². The summed E-state index contributed by atoms with van der Waals surface area (Å²) in [5.41, 5.74) is 0.230. The molecule has 0 radical (unpaired) electrons. The van der Waals surface area contributed by atoms with Gasteiger partial charge in [0.2, 0.25) is 5.91 Å². The monoisotopic (exact) mass is 350 g/mol. The van der Waals surface area contributed by atoms with E-state index in [1.54, 1.807) is 11.8 Å². The van der Waals surface area contributed by atoms with Gasteiger partial charge in [0.25, 0.3) is 0 Å². The highest BCUT2D eigenvalue weighted by Crippen LogP contribution is 2.36. The average molecular weight is 351 g/mol. The van der Waals surface area contributed by atoms with Gasteiger partial charge in [0.1, 0.15) is 0 Å². The summed E-state index contributed by atoms with van der Waals surface area (Å²) in [6.45, 7) is 3.18. The molecule has 0 aromatic heterocycles. The van der Waals surface area contributed by atoms with Crippen molar-refractivity contribution in [3.05, 3.63) is 30.3 Å². The smallest absolute Gasteiger partial charge is 0.230 e. The molecule has 1 heterocycles. The minimum Gasteiger partial charge on any atom is -0.354 e. The Labute approximate surface area is 148 Å². The van der Waals surface area contributed by atoms with Crippen molar-refractivity contribution < 1.29 is 4.79 Å². The third kappa shape index (κ3) is 4.68. The third-order valence-corrected chi connectivity index (χ3v) is 6.90. The lowest BCUT2D eigenvalue weighted by atomic mass is 9.94. The van der Waals surface area contributed by atoms with Crippen molar-refractivity contribution in [2.45, 2.75) is 36.1 Å². The molecule has 2 fully saturated rings. The maximum Gasteiger partial charge on any atom is 0.230 e. The molecule has 1 aromatic carbocycles. The van der Waals surface area contributed by atoms with Crippen molar-refractivity contribution in [2.75, 3.05) is 36.9 Å². The molecule has 1 aliphatic heterocycles. The van der Waals surface area contributed by atoms with Crippen molar-refractivity contribution in [2.24, 2.45) is 0 Å². The number of thioether (sulfide) groups is 2. The van der Waals surface area contributed by atoms with Gasteiger partial charge in [0.05, 0.1) is 5.75 Å². The van der Waals surface area contributed by atoms with Crippen molar-refractivity contribution in [1.82, 2.24) is 10.2 Å². The van der Waals surface area contributed by atoms with Crippen LogP contribution in [0.4, 0.5) is 0 Å². The predicted octanol–water partition coefficient (Wildman–Crippen LogP) is 3.26. The Hall–Kier alpha value is -0.650. The molecule has 0 unspecified atom stereocenters. The van der Waals surface area contributed by atoms with Crippen LogP contribution in [-0.4, -0.2) is 53.2 Å². The molecule has 3 rings (SSSR count). The predicted molar refractivity (Wildman–Crippen MR) is 100 cm³/mol. The second-order valence-corrected chi connectivity index (χ2v) is 8.68. The summed E-state index contributed by atoms with van der Waals surface area (Å²) in [5, 5.41) is 3.22. The van der Waals surface area contributed by atoms with Crippen LogP contribution in [0.5, 0.6) is 0 Å². The Morgan fingerprint density at radius 3 is 2.57 bits per heavy atom. The summed E-state index contributed by atoms with van der Waals surface area (Å²) in [6, 6.07) is 10.2. The molecule has 1 aromatic rings. The Balaban J connectivity index is 1.49. The lowest BCUT2D eigenvalue weighted by Gasteiger charge is -2.43. The molecule has 126 valence electrons. The molecule has 0 bridgehead atoms. The van der Waals surface area contributed by atoms with Gasteiger partial charge in [-0.1, -0.05) is 31.0 Å². The Morgan fingerprint density at radius 1 is 1.17 bits per heavy atom. The van der Waals surface area contributed by atoms with E-state index in [-0.39, 0.29) is 11.4 Å². The van der Waals surface area contributed by atoms with Gasteiger partial charge in [-0.05, 0) is 25.0 Å². The maximum absolute atomic E-state index is 12.2. The first-order chi connectivity index (χ1) is 11.3. The second kappa shape index (κ2) is 8.45. The second-order valence-electron chi connectivity index (χ2n) is 6.41. The molecule has 1 amide bonds. The molecule has 3 nitrogen and oxygen atoms in total. The van der Waals surface area contributed by atoms with Crippen LogP contribution in [0.3, 0.4) is 0 Å². The fourth-order valence-corrected chi connectivity index (χ4v) is 5.31. The first-order valence-electron chi connectivity index (χ1n) is 8.56. The van der Waals surface area contributed by atoms with Gasteiger partial charge in [-0.2, -0.15) is 11.8 Å². The van der Waals surface area contributed by atoms with E-state index < -0.39 is 0 Å². The zero-order valence-electron chi connectivity index (χ0n) is 13.6. The van der Waals surface area contributed by atoms with Gasteiger partial charge in [-0.25, -0.2) is 0 Å². The first kappa shape index (κ1) is 17.2. The fourth-order valence-electron chi connectivity index (χ4n) is 3.66. The molecule has 5 heteroatoms. The summed E-state index contributed by atoms with van der Waals surface area (Å²) in [4.78, 5) is 16.1. The van der Waals surface area contributed by atoms with Crippen LogP contribution in [0.1, 0.15) is 25.7 Å². The number of amides is 1. The third-order valence-electron chi connectivity index (χ3n) is 4.94. The van der Waals surface area contributed by atoms with Crippen LogP contribution >= 0.6 is 23.5 Å². The standard InChI is InChI=1S/C18H26N2OS2/c21-17(14-23-16-6-2-1-3-7-16)19-15-18(8-4-5-9-18)20-10-12-22-13-11-20/h1-3,6-7H,4-5,8-15H2,(H,19,21). The molecule has 1 saturated carbocycles. The zero-order valence-corrected chi connectivity index (χ0v) is 15.3. The summed E-state index contributed by atoms with van der Waals surface area (Å²) in [5.74, 6) is 3.14. The van der Waals surface area contributed by atoms with Gasteiger partial charge >= 0.3 is 0 Å². The number of nitrogens with one attached hydrogen (secondary N) is 1. The van der Waals surface area contributed by atoms with Crippen LogP contribution in [0.15, 0.2) is 35.2 Å². The molecule has 1 N–H and O–H groups in total. The maximum atomic E-state index is 12.2. The molecule has 23 heavy (non-hydrogen) atoms. The first-order valence-corrected chi connectivity index (χ1v) is 10.7. The highest BCUT2D eigenvalue weighted by molar-refractivity contribution is 8.00. The van der Waals surface area contributed by atoms with Gasteiger partial charge in [0, 0.05) is 41.6 Å². The Morgan fingerprint density at radius 2 is 1.87 bits per heavy atom. The minimum absolute atomic E-state index is 0.163. The van der Waals surface area contributed by atoms with E-state index in [2.05, 4.69) is 34.1 Å². The van der Waals surface area contributed by atoms with Gasteiger partial charge in [0.15, 0.2) is 0 Å². The van der Waals surface area contributed by atoms with Gasteiger partial charge in [-0.3, -0.25) is 9.69 Å². The number of carbonyl (C=O) groups excluding carboxylic acids is 1. The highest BCUT2D eigenvalue weighted by atomic mass is 32.2. The van der Waals surface area contributed by atoms with E-state index in [1.165, 1.54) is 50.3 Å². The number of carbonyl (C=O) groups is 1. The molecule has 2 aliphatic rings. The van der Waals surface area contributed by atoms with E-state index in [0.29, 0.717) is 5.75 Å². The number of rotatable bonds is 6. The summed E-state index contributed by atoms with van der Waals surface area (Å²) >= 11 is 3.67. The Kier molecular flexibility index (Phi) is 6.31. The highest BCUT2D eigenvalue weighted by Gasteiger charge is 2.40. The summed E-state index contributed by atoms with van der Waals surface area (Å²) in [6.07, 6.45) is 5.09. The van der Waals surface area contributed by atoms with Crippen LogP contribution in [0, 0.1) is 0 Å². The Bertz CT molecular complexity index is 497. The van der Waals surface area contributed by atoms with Crippen molar-refractivity contribution >= 4 is 29.4 Å². The lowest BCUT2D eigenvalue weighted by Crippen LogP contribution is -2.56. The van der Waals surface area contributed by atoms with Crippen LogP contribution in [0.25, 0.3) is 0 Å². The van der Waals surface area contributed by atoms with Crippen LogP contribution in [-0.2, 0) is 4.79 Å². The number of nitrogens with zero attached hydrogens (tertiary/aromatic N) is 1. The van der Waals surface area contributed by atoms with E-state index in [1.807, 2.05) is 18.2 Å². The summed E-state index contributed by atoms with van der Waals surface area (Å²) in [7, 11) is 0. The van der Waals surface area contributed by atoms with Gasteiger partial charge < -0.3 is 5.32 Å². The normalized spacial score (nSPS) is 21.2. The van der Waals surface area contributed by atoms with Crippen molar-refractivity contribution in [1.29, 1.82) is 0 Å². The number of hydrogen-bond donors (Lipinski definition) is 1. The molecule has 1 aliphatic carbocycles. The molecule has 0 spiro atoms. The molecular weight excluding hydrogens is 324 g/mol. The fraction of sp³-hybridized carbons (Fsp3) is 0.611. The average Bonchev–Trinajstić information content (AvgIpc) is 3.10. The van der Waals surface area contributed by atoms with E-state index in [0.717, 1.165) is 11.4 Å². The SMILES string of the molecule is O=C(CSc1ccccc1)NCC1(N2CCSCC2)CCCC1. The lowest BCUT2D eigenvalue weighted by molar-refractivity contribution is -0.119. The number of hydrogen-bond acceptors (Lipinski definition) is 4. The minimum atomic E-state index is 0.163.